The Bertz CT molecular complexity index is 3090. The lowest BCUT2D eigenvalue weighted by Gasteiger charge is -2.44. The molecule has 12 aliphatic rings. The molecule has 1 amide bonds. The monoisotopic (exact) mass is 2080 g/mol. The first-order chi connectivity index (χ1) is 69.3. The van der Waals surface area contributed by atoms with Crippen LogP contribution < -0.4 is 0 Å². The van der Waals surface area contributed by atoms with E-state index in [9.17, 15) is 19.8 Å². The van der Waals surface area contributed by atoms with Crippen LogP contribution in [-0.2, 0) is 9.59 Å². The van der Waals surface area contributed by atoms with Gasteiger partial charge in [0.1, 0.15) is 11.5 Å². The summed E-state index contributed by atoms with van der Waals surface area (Å²) < 4.78 is 0. The van der Waals surface area contributed by atoms with Crippen LogP contribution >= 0.6 is 0 Å². The molecule has 27 heteroatoms. The van der Waals surface area contributed by atoms with Crippen molar-refractivity contribution in [2.75, 3.05) is 334 Å². The van der Waals surface area contributed by atoms with Gasteiger partial charge in [0.05, 0.1) is 23.9 Å². The number of ketones is 1. The summed E-state index contributed by atoms with van der Waals surface area (Å²) in [6.45, 7) is 143. The molecule has 1 unspecified atom stereocenters. The third-order valence-electron chi connectivity index (χ3n) is 33.3. The van der Waals surface area contributed by atoms with Crippen molar-refractivity contribution in [3.63, 3.8) is 0 Å². The largest absolute Gasteiger partial charge is 0.512 e. The third kappa shape index (κ3) is 63.5. The highest BCUT2D eigenvalue weighted by Crippen LogP contribution is 2.25. The van der Waals surface area contributed by atoms with Crippen molar-refractivity contribution in [3.8, 4) is 0 Å². The summed E-state index contributed by atoms with van der Waals surface area (Å²) in [7, 11) is 2.19. The van der Waals surface area contributed by atoms with E-state index in [1.54, 1.807) is 6.92 Å². The van der Waals surface area contributed by atoms with E-state index < -0.39 is 0 Å². The van der Waals surface area contributed by atoms with Crippen LogP contribution in [0, 0.1) is 0 Å². The molecule has 0 aromatic rings. The molecule has 27 nitrogen and oxygen atoms in total. The number of aliphatic hydroxyl groups excluding tert-OH is 3. The van der Waals surface area contributed by atoms with Gasteiger partial charge in [0.25, 0.3) is 0 Å². The minimum absolute atomic E-state index is 0.138. The van der Waals surface area contributed by atoms with Gasteiger partial charge in [-0.2, -0.15) is 0 Å². The molecule has 0 aliphatic carbocycles. The van der Waals surface area contributed by atoms with Crippen LogP contribution in [0.25, 0.3) is 0 Å². The van der Waals surface area contributed by atoms with E-state index >= 15 is 0 Å². The van der Waals surface area contributed by atoms with Crippen LogP contribution in [0.5, 0.6) is 0 Å². The highest BCUT2D eigenvalue weighted by atomic mass is 16.3. The van der Waals surface area contributed by atoms with Gasteiger partial charge in [0, 0.05) is 366 Å². The maximum atomic E-state index is 11.4. The van der Waals surface area contributed by atoms with Gasteiger partial charge in [-0.1, -0.05) is 74.0 Å². The number of hydrogen-bond acceptors (Lipinski definition) is 26. The minimum atomic E-state index is -0.289. The minimum Gasteiger partial charge on any atom is -0.512 e. The Morgan fingerprint density at radius 1 is 0.299 bits per heavy atom. The predicted molar refractivity (Wildman–Crippen MR) is 639 cm³/mol. The summed E-state index contributed by atoms with van der Waals surface area (Å²) in [6.07, 6.45) is 15.9. The quantitative estimate of drug-likeness (QED) is 0.0561. The van der Waals surface area contributed by atoms with Crippen LogP contribution in [0.2, 0.25) is 0 Å². The fraction of sp³-hybridized carbons (Fsp3) is 0.950. The molecule has 0 aromatic carbocycles. The molecule has 0 aromatic heterocycles. The molecule has 0 radical (unpaired) electrons. The number of amides is 1. The number of rotatable bonds is 31. The second-order valence-electron chi connectivity index (χ2n) is 48.8. The van der Waals surface area contributed by atoms with E-state index in [2.05, 4.69) is 331 Å². The van der Waals surface area contributed by atoms with Gasteiger partial charge >= 0.3 is 0 Å². The van der Waals surface area contributed by atoms with E-state index in [1.165, 1.54) is 241 Å². The molecule has 0 spiro atoms. The molecular weight excluding hydrogens is 1830 g/mol. The Morgan fingerprint density at radius 3 is 0.810 bits per heavy atom. The van der Waals surface area contributed by atoms with Crippen LogP contribution in [0.3, 0.4) is 0 Å². The van der Waals surface area contributed by atoms with E-state index in [1.807, 2.05) is 32.6 Å². The first kappa shape index (κ1) is 142. The second kappa shape index (κ2) is 81.0. The van der Waals surface area contributed by atoms with Crippen molar-refractivity contribution in [1.82, 2.24) is 108 Å². The van der Waals surface area contributed by atoms with Crippen molar-refractivity contribution < 1.29 is 24.9 Å². The van der Waals surface area contributed by atoms with Crippen molar-refractivity contribution in [1.29, 1.82) is 0 Å². The van der Waals surface area contributed by atoms with Gasteiger partial charge in [0.2, 0.25) is 5.91 Å². The van der Waals surface area contributed by atoms with Crippen molar-refractivity contribution in [3.05, 3.63) is 24.7 Å². The van der Waals surface area contributed by atoms with E-state index in [0.717, 1.165) is 187 Å². The lowest BCUT2D eigenvalue weighted by atomic mass is 9.98. The Kier molecular flexibility index (Phi) is 78.4. The molecule has 12 fully saturated rings. The zero-order valence-electron chi connectivity index (χ0n) is 104. The molecule has 12 heterocycles. The summed E-state index contributed by atoms with van der Waals surface area (Å²) in [5, 5.41) is 28.1. The Morgan fingerprint density at radius 2 is 0.558 bits per heavy atom. The van der Waals surface area contributed by atoms with Gasteiger partial charge < -0.3 is 54.5 Å². The number of carbonyl (C=O) groups is 2. The first-order valence-corrected chi connectivity index (χ1v) is 60.9. The molecule has 147 heavy (non-hydrogen) atoms. The molecule has 874 valence electrons. The first-order valence-electron chi connectivity index (χ1n) is 60.9. The highest BCUT2D eigenvalue weighted by Gasteiger charge is 2.35. The molecule has 12 aliphatic heterocycles. The van der Waals surface area contributed by atoms with E-state index in [4.69, 9.17) is 5.11 Å². The van der Waals surface area contributed by atoms with E-state index in [0.29, 0.717) is 72.9 Å². The Hall–Kier alpha value is -2.66. The Labute approximate surface area is 913 Å². The summed E-state index contributed by atoms with van der Waals surface area (Å²) in [6, 6.07) is 8.35. The van der Waals surface area contributed by atoms with Gasteiger partial charge in [-0.15, -0.1) is 0 Å². The van der Waals surface area contributed by atoms with Gasteiger partial charge in [-0.25, -0.2) is 0 Å². The zero-order valence-corrected chi connectivity index (χ0v) is 104. The van der Waals surface area contributed by atoms with Crippen molar-refractivity contribution in [2.45, 2.75) is 415 Å². The summed E-state index contributed by atoms with van der Waals surface area (Å²) >= 11 is 0. The number of β-amino-alcohol motifs (C(OH)–C–C–N with tert-alkyl or cyclic N) is 1. The number of hydrogen-bond donors (Lipinski definition) is 3. The van der Waals surface area contributed by atoms with Crippen LogP contribution in [0.15, 0.2) is 24.7 Å². The molecule has 0 bridgehead atoms. The molecule has 12 rings (SSSR count). The number of nitrogens with zero attached hydrogens (tertiary/aromatic N) is 22. The summed E-state index contributed by atoms with van der Waals surface area (Å²) in [5.41, 5.74) is 0.103. The van der Waals surface area contributed by atoms with Gasteiger partial charge in [-0.3, -0.25) is 78.2 Å². The van der Waals surface area contributed by atoms with Crippen LogP contribution in [0.4, 0.5) is 0 Å². The molecular formula is C120H254N22O5. The predicted octanol–water partition coefficient (Wildman–Crippen LogP) is 16.5. The number of piperazine rings is 10. The fourth-order valence-electron chi connectivity index (χ4n) is 20.7. The smallest absolute Gasteiger partial charge is 0.222 e. The van der Waals surface area contributed by atoms with Crippen LogP contribution in [0.1, 0.15) is 326 Å². The number of carbonyl (C=O) groups excluding carboxylic acids is 2. The maximum absolute atomic E-state index is 11.4. The van der Waals surface area contributed by atoms with Gasteiger partial charge in [0.15, 0.2) is 0 Å². The lowest BCUT2D eigenvalue weighted by molar-refractivity contribution is -0.132. The van der Waals surface area contributed by atoms with Crippen molar-refractivity contribution in [2.24, 2.45) is 0 Å². The SMILES string of the molecule is C=C(O)C(C)(C)N1CCN(C(C)C)CC1.C=C(O)CN1CCN(C(C)C)CC1.CC(=O)CCN1CCN(C(C)C)CC1.CC(C)N1CCCCC1.CC(C)N1CCCCC1.CC(C)N1CCN(C)CC1.CCC(=O)N1CCN(C(C)C)CC1.CCC(C)(C)N1CCN(C(C)C)CC1.CCC(O)CN1CCN(C(C)C)CC1.CCCCN1CCN(C(C)C)CC1.CCCN1CCN(C(C)C)CC1.CCN1CCN(C(C)C)CC1. The third-order valence-corrected chi connectivity index (χ3v) is 33.3. The highest BCUT2D eigenvalue weighted by molar-refractivity contribution is 5.76. The topological polar surface area (TPSA) is 166 Å². The number of unbranched alkanes of at least 4 members (excludes halogenated alkanes) is 1. The summed E-state index contributed by atoms with van der Waals surface area (Å²) in [5.74, 6) is 1.14. The summed E-state index contributed by atoms with van der Waals surface area (Å²) in [4.78, 5) is 76.4. The Balaban J connectivity index is 0.000000804. The number of piperidine rings is 2. The zero-order chi connectivity index (χ0) is 111. The van der Waals surface area contributed by atoms with Crippen LogP contribution in [-0.4, -0.2) is 559 Å². The average Bonchev–Trinajstić information content (AvgIpc) is 0.823. The fourth-order valence-corrected chi connectivity index (χ4v) is 20.7. The molecule has 0 saturated carbocycles. The maximum Gasteiger partial charge on any atom is 0.222 e. The lowest BCUT2D eigenvalue weighted by Crippen LogP contribution is -2.56. The number of likely N-dealkylation sites (N-methyl/N-ethyl adjacent to an activating group) is 2. The number of aliphatic hydroxyl groups is 3. The second-order valence-corrected chi connectivity index (χ2v) is 48.8. The standard InChI is InChI=1S/C12H24N2O.C12H26N2.C11H22N2O.C11H24N2O.C11H24N2.2C10H20N2O.C10H22N2.C9H20N2.C8H18N2.2C8H17N/c1-10(2)13-6-8-14(9-7-13)12(4,5)11(3)15;1-6-12(4,5)14-9-7-13(8-10-14)11(2)3;1-10(2)13-8-6-12(7-9-13)5-4-11(3)14;1-4-11(14)9-12-5-7-13(8-6-12)10(2)3;1-4-5-6-12-7-9-13(10-8-12)11(2)3;1-9(2)12-6-4-11(5-7-12)8-10(3)13;1-4-10(13)12-7-5-11(6-8-12)9(2)3;1-4-5-11-6-8-12(9-7-11)10(2)3;1-4-10-5-7-11(8-6-10)9(2)3;1-8(2)10-6-4-9(3)5-7-10;2*1-8(2)9-6-4-3-5-7-9/h10,15H,3,6-9H2,1-2,4-5H3;11H,6-10H2,1-5H3;10H,4-9H2,1-3H3;10-11,14H,4-9H2,1-3H3;11H,4-10H2,1-3H3;9,13H,3-8H2,1-2H3;9H,4-8H2,1-3H3;10H,4-9H2,1-3H3;9H,4-8H2,1-3H3;8H,4-7H2,1-3H3;2*8H,3-7H2,1-2H3. The molecule has 12 saturated heterocycles. The van der Waals surface area contributed by atoms with Gasteiger partial charge in [-0.05, 0) is 305 Å². The number of likely N-dealkylation sites (tertiary alicyclic amines) is 2. The average molecular weight is 2090 g/mol. The normalized spacial score (nSPS) is 21.7. The molecule has 1 atom stereocenters. The molecule has 3 N–H and O–H groups in total. The van der Waals surface area contributed by atoms with Crippen molar-refractivity contribution >= 4 is 11.7 Å². The number of Topliss-reactive ketones (excluding diaryl/α,β-unsaturated/α-hetero) is 1. The van der Waals surface area contributed by atoms with E-state index in [-0.39, 0.29) is 23.2 Å².